The van der Waals surface area contributed by atoms with Crippen LogP contribution in [0.15, 0.2) is 18.2 Å². The highest BCUT2D eigenvalue weighted by Crippen LogP contribution is 2.37. The van der Waals surface area contributed by atoms with Crippen LogP contribution in [0.4, 0.5) is 0 Å². The van der Waals surface area contributed by atoms with Gasteiger partial charge in [-0.1, -0.05) is 45.9 Å². The molecule has 2 unspecified atom stereocenters. The van der Waals surface area contributed by atoms with Gasteiger partial charge in [0.05, 0.1) is 12.7 Å². The van der Waals surface area contributed by atoms with Crippen LogP contribution in [0.1, 0.15) is 57.8 Å². The molecule has 19 heavy (non-hydrogen) atoms. The molecule has 2 atom stereocenters. The Labute approximate surface area is 116 Å². The van der Waals surface area contributed by atoms with Crippen molar-refractivity contribution in [1.82, 2.24) is 0 Å². The third-order valence-electron chi connectivity index (χ3n) is 3.69. The minimum Gasteiger partial charge on any atom is -0.493 e. The van der Waals surface area contributed by atoms with Crippen molar-refractivity contribution >= 4 is 0 Å². The number of aliphatic hydroxyl groups is 1. The van der Waals surface area contributed by atoms with Crippen molar-refractivity contribution in [1.29, 1.82) is 0 Å². The third kappa shape index (κ3) is 3.73. The maximum Gasteiger partial charge on any atom is 0.128 e. The molecule has 1 aliphatic heterocycles. The predicted octanol–water partition coefficient (Wildman–Crippen LogP) is 4.12. The van der Waals surface area contributed by atoms with E-state index in [1.807, 2.05) is 12.1 Å². The van der Waals surface area contributed by atoms with Gasteiger partial charge in [-0.05, 0) is 29.7 Å². The largest absolute Gasteiger partial charge is 0.493 e. The molecule has 1 aromatic rings. The van der Waals surface area contributed by atoms with Crippen LogP contribution < -0.4 is 4.74 Å². The highest BCUT2D eigenvalue weighted by molar-refractivity contribution is 5.45. The zero-order chi connectivity index (χ0) is 14.0. The molecule has 0 aliphatic carbocycles. The van der Waals surface area contributed by atoms with Crippen molar-refractivity contribution in [3.63, 3.8) is 0 Å². The van der Waals surface area contributed by atoms with Gasteiger partial charge in [0, 0.05) is 12.0 Å². The van der Waals surface area contributed by atoms with E-state index in [1.54, 1.807) is 0 Å². The molecule has 1 aliphatic rings. The Morgan fingerprint density at radius 1 is 1.32 bits per heavy atom. The first-order chi connectivity index (χ1) is 8.87. The number of aliphatic hydroxyl groups excluding tert-OH is 1. The van der Waals surface area contributed by atoms with Crippen molar-refractivity contribution in [3.05, 3.63) is 29.3 Å². The lowest BCUT2D eigenvalue weighted by Crippen LogP contribution is -2.14. The summed E-state index contributed by atoms with van der Waals surface area (Å²) in [6.45, 7) is 9.72. The second-order valence-electron chi connectivity index (χ2n) is 7.06. The quantitative estimate of drug-likeness (QED) is 0.884. The zero-order valence-corrected chi connectivity index (χ0v) is 12.6. The van der Waals surface area contributed by atoms with Crippen molar-refractivity contribution < 1.29 is 9.84 Å². The molecule has 1 N–H and O–H groups in total. The Balaban J connectivity index is 2.04. The van der Waals surface area contributed by atoms with E-state index in [4.69, 9.17) is 4.74 Å². The van der Waals surface area contributed by atoms with Crippen LogP contribution in [-0.4, -0.2) is 11.7 Å². The normalized spacial score (nSPS) is 17.7. The lowest BCUT2D eigenvalue weighted by molar-refractivity contribution is 0.131. The van der Waals surface area contributed by atoms with Gasteiger partial charge in [0.1, 0.15) is 5.75 Å². The van der Waals surface area contributed by atoms with Gasteiger partial charge in [0.15, 0.2) is 0 Å². The summed E-state index contributed by atoms with van der Waals surface area (Å²) in [4.78, 5) is 0. The molecule has 0 aromatic heterocycles. The van der Waals surface area contributed by atoms with E-state index in [9.17, 15) is 5.11 Å². The van der Waals surface area contributed by atoms with Gasteiger partial charge in [-0.2, -0.15) is 0 Å². The molecule has 106 valence electrons. The summed E-state index contributed by atoms with van der Waals surface area (Å²) in [5.74, 6) is 1.44. The van der Waals surface area contributed by atoms with Gasteiger partial charge in [0.2, 0.25) is 0 Å². The Morgan fingerprint density at radius 3 is 2.74 bits per heavy atom. The van der Waals surface area contributed by atoms with Crippen molar-refractivity contribution in [2.24, 2.45) is 11.3 Å². The third-order valence-corrected chi connectivity index (χ3v) is 3.69. The van der Waals surface area contributed by atoms with Crippen LogP contribution in [0.3, 0.4) is 0 Å². The molecule has 0 amide bonds. The highest BCUT2D eigenvalue weighted by Gasteiger charge is 2.23. The predicted molar refractivity (Wildman–Crippen MR) is 78.5 cm³/mol. The number of ether oxygens (including phenoxy) is 1. The molecular weight excluding hydrogens is 236 g/mol. The van der Waals surface area contributed by atoms with Crippen LogP contribution >= 0.6 is 0 Å². The fraction of sp³-hybridized carbons (Fsp3) is 0.647. The van der Waals surface area contributed by atoms with Crippen LogP contribution in [-0.2, 0) is 6.42 Å². The first-order valence-electron chi connectivity index (χ1n) is 7.29. The minimum atomic E-state index is -0.412. The zero-order valence-electron chi connectivity index (χ0n) is 12.6. The van der Waals surface area contributed by atoms with E-state index in [-0.39, 0.29) is 0 Å². The molecule has 2 heteroatoms. The standard InChI is InChI=1S/C17H26O2/c1-12(11-17(2,3)4)10-15(18)14-7-5-6-13-8-9-19-16(13)14/h5-7,12,15,18H,8-11H2,1-4H3. The smallest absolute Gasteiger partial charge is 0.128 e. The summed E-state index contributed by atoms with van der Waals surface area (Å²) >= 11 is 0. The van der Waals surface area contributed by atoms with Crippen LogP contribution in [0.5, 0.6) is 5.75 Å². The first kappa shape index (κ1) is 14.4. The number of fused-ring (bicyclic) bond motifs is 1. The van der Waals surface area contributed by atoms with E-state index in [0.29, 0.717) is 11.3 Å². The average Bonchev–Trinajstić information content (AvgIpc) is 2.73. The molecule has 0 bridgehead atoms. The summed E-state index contributed by atoms with van der Waals surface area (Å²) in [5.41, 5.74) is 2.52. The van der Waals surface area contributed by atoms with E-state index in [2.05, 4.69) is 33.8 Å². The van der Waals surface area contributed by atoms with Gasteiger partial charge in [-0.25, -0.2) is 0 Å². The monoisotopic (exact) mass is 262 g/mol. The highest BCUT2D eigenvalue weighted by atomic mass is 16.5. The van der Waals surface area contributed by atoms with Gasteiger partial charge in [-0.15, -0.1) is 0 Å². The number of hydrogen-bond donors (Lipinski definition) is 1. The number of benzene rings is 1. The molecule has 0 radical (unpaired) electrons. The van der Waals surface area contributed by atoms with Crippen LogP contribution in [0.25, 0.3) is 0 Å². The Morgan fingerprint density at radius 2 is 2.05 bits per heavy atom. The fourth-order valence-corrected chi connectivity index (χ4v) is 3.14. The van der Waals surface area contributed by atoms with Crippen LogP contribution in [0.2, 0.25) is 0 Å². The molecule has 0 spiro atoms. The lowest BCUT2D eigenvalue weighted by Gasteiger charge is -2.25. The summed E-state index contributed by atoms with van der Waals surface area (Å²) in [6.07, 6.45) is 2.48. The number of para-hydroxylation sites is 1. The van der Waals surface area contributed by atoms with Gasteiger partial charge >= 0.3 is 0 Å². The molecule has 2 rings (SSSR count). The van der Waals surface area contributed by atoms with Crippen molar-refractivity contribution in [3.8, 4) is 5.75 Å². The molecule has 1 aromatic carbocycles. The maximum absolute atomic E-state index is 10.5. The van der Waals surface area contributed by atoms with Gasteiger partial charge < -0.3 is 9.84 Å². The summed E-state index contributed by atoms with van der Waals surface area (Å²) in [5, 5.41) is 10.5. The van der Waals surface area contributed by atoms with E-state index >= 15 is 0 Å². The average molecular weight is 262 g/mol. The van der Waals surface area contributed by atoms with E-state index in [0.717, 1.165) is 37.2 Å². The molecule has 2 nitrogen and oxygen atoms in total. The van der Waals surface area contributed by atoms with Gasteiger partial charge in [-0.3, -0.25) is 0 Å². The minimum absolute atomic E-state index is 0.314. The molecule has 0 saturated carbocycles. The first-order valence-corrected chi connectivity index (χ1v) is 7.29. The Kier molecular flexibility index (Phi) is 4.19. The maximum atomic E-state index is 10.5. The Bertz CT molecular complexity index is 431. The summed E-state index contributed by atoms with van der Waals surface area (Å²) in [7, 11) is 0. The van der Waals surface area contributed by atoms with E-state index < -0.39 is 6.10 Å². The summed E-state index contributed by atoms with van der Waals surface area (Å²) < 4.78 is 5.67. The van der Waals surface area contributed by atoms with Crippen molar-refractivity contribution in [2.45, 2.75) is 53.1 Å². The number of hydrogen-bond acceptors (Lipinski definition) is 2. The van der Waals surface area contributed by atoms with Crippen LogP contribution in [0, 0.1) is 11.3 Å². The topological polar surface area (TPSA) is 29.5 Å². The second kappa shape index (κ2) is 5.54. The molecule has 0 fully saturated rings. The molecule has 1 heterocycles. The SMILES string of the molecule is CC(CC(O)c1cccc2c1OCC2)CC(C)(C)C. The van der Waals surface area contributed by atoms with E-state index in [1.165, 1.54) is 5.56 Å². The number of rotatable bonds is 4. The summed E-state index contributed by atoms with van der Waals surface area (Å²) in [6, 6.07) is 6.12. The fourth-order valence-electron chi connectivity index (χ4n) is 3.14. The second-order valence-corrected chi connectivity index (χ2v) is 7.06. The van der Waals surface area contributed by atoms with Gasteiger partial charge in [0.25, 0.3) is 0 Å². The Hall–Kier alpha value is -1.02. The lowest BCUT2D eigenvalue weighted by atomic mass is 9.82. The van der Waals surface area contributed by atoms with Crippen molar-refractivity contribution in [2.75, 3.05) is 6.61 Å². The molecular formula is C17H26O2. The molecule has 0 saturated heterocycles.